The zero-order valence-electron chi connectivity index (χ0n) is 23.2. The molecule has 2 fully saturated rings. The second kappa shape index (κ2) is 14.3. The summed E-state index contributed by atoms with van der Waals surface area (Å²) in [6.07, 6.45) is -2.55. The van der Waals surface area contributed by atoms with Crippen molar-refractivity contribution in [2.24, 2.45) is 0 Å². The summed E-state index contributed by atoms with van der Waals surface area (Å²) in [4.78, 5) is 0. The van der Waals surface area contributed by atoms with Crippen molar-refractivity contribution in [1.82, 2.24) is 0 Å². The van der Waals surface area contributed by atoms with Gasteiger partial charge in [-0.3, -0.25) is 0 Å². The van der Waals surface area contributed by atoms with Crippen molar-refractivity contribution < 1.29 is 33.5 Å². The van der Waals surface area contributed by atoms with Crippen LogP contribution in [0.3, 0.4) is 0 Å². The van der Waals surface area contributed by atoms with E-state index in [9.17, 15) is 5.11 Å². The van der Waals surface area contributed by atoms with E-state index in [-0.39, 0.29) is 30.5 Å². The average molecular weight is 549 g/mol. The van der Waals surface area contributed by atoms with Gasteiger partial charge in [0.05, 0.1) is 44.2 Å². The van der Waals surface area contributed by atoms with Crippen molar-refractivity contribution in [3.8, 4) is 0 Å². The first-order valence-electron chi connectivity index (χ1n) is 14.2. The Morgan fingerprint density at radius 2 is 1.05 bits per heavy atom. The van der Waals surface area contributed by atoms with Gasteiger partial charge >= 0.3 is 0 Å². The molecule has 2 aliphatic heterocycles. The average Bonchev–Trinajstić information content (AvgIpc) is 2.97. The predicted molar refractivity (Wildman–Crippen MR) is 150 cm³/mol. The van der Waals surface area contributed by atoms with E-state index in [2.05, 4.69) is 24.3 Å². The second-order valence-electron chi connectivity index (χ2n) is 10.6. The van der Waals surface area contributed by atoms with Crippen LogP contribution in [0.1, 0.15) is 43.4 Å². The summed E-state index contributed by atoms with van der Waals surface area (Å²) < 4.78 is 37.7. The Hall–Kier alpha value is -2.62. The lowest BCUT2D eigenvalue weighted by atomic mass is 9.99. The van der Waals surface area contributed by atoms with Gasteiger partial charge in [-0.2, -0.15) is 0 Å². The van der Waals surface area contributed by atoms with Crippen LogP contribution in [-0.2, 0) is 48.2 Å². The van der Waals surface area contributed by atoms with Crippen molar-refractivity contribution in [1.29, 1.82) is 0 Å². The number of aliphatic hydroxyl groups excluding tert-OH is 1. The molecule has 8 atom stereocenters. The summed E-state index contributed by atoms with van der Waals surface area (Å²) in [5.41, 5.74) is 3.25. The number of benzene rings is 3. The van der Waals surface area contributed by atoms with Crippen LogP contribution >= 0.6 is 0 Å². The zero-order chi connectivity index (χ0) is 27.7. The maximum Gasteiger partial charge on any atom is 0.161 e. The smallest absolute Gasteiger partial charge is 0.161 e. The minimum atomic E-state index is -0.903. The van der Waals surface area contributed by atoms with Crippen LogP contribution in [0.5, 0.6) is 0 Å². The first-order valence-corrected chi connectivity index (χ1v) is 14.2. The first-order chi connectivity index (χ1) is 19.5. The van der Waals surface area contributed by atoms with Gasteiger partial charge in [-0.05, 0) is 30.5 Å². The van der Waals surface area contributed by atoms with E-state index in [0.29, 0.717) is 32.7 Å². The van der Waals surface area contributed by atoms with Gasteiger partial charge in [0.15, 0.2) is 12.6 Å². The van der Waals surface area contributed by atoms with E-state index in [1.165, 1.54) is 0 Å². The molecule has 0 aromatic heterocycles. The highest BCUT2D eigenvalue weighted by atomic mass is 16.7. The highest BCUT2D eigenvalue weighted by molar-refractivity contribution is 5.15. The van der Waals surface area contributed by atoms with Gasteiger partial charge in [-0.15, -0.1) is 0 Å². The van der Waals surface area contributed by atoms with Crippen molar-refractivity contribution in [2.45, 2.75) is 95.7 Å². The maximum atomic E-state index is 10.3. The highest BCUT2D eigenvalue weighted by Gasteiger charge is 2.43. The molecule has 0 spiro atoms. The third kappa shape index (κ3) is 7.98. The number of ether oxygens (including phenoxy) is 6. The standard InChI is InChI=1S/C33H40O7/c1-23-32(37-22-27-16-10-5-11-17-27)29(36-21-26-14-8-4-9-15-26)19-31(39-23)40-33-24(2)38-30(34)18-28(33)35-20-25-12-6-3-7-13-25/h3-17,23-24,28-34H,18-22H2,1-2H3/t23-,24-,28-,29-,30+,31-,32-,33-/m1/s1. The molecule has 0 amide bonds. The van der Waals surface area contributed by atoms with Crippen molar-refractivity contribution in [3.05, 3.63) is 108 Å². The Balaban J connectivity index is 1.26. The third-order valence-corrected chi connectivity index (χ3v) is 7.46. The number of aliphatic hydroxyl groups is 1. The summed E-state index contributed by atoms with van der Waals surface area (Å²) in [7, 11) is 0. The number of rotatable bonds is 11. The van der Waals surface area contributed by atoms with Crippen molar-refractivity contribution in [3.63, 3.8) is 0 Å². The monoisotopic (exact) mass is 548 g/mol. The molecule has 2 aliphatic rings. The van der Waals surface area contributed by atoms with Crippen LogP contribution in [-0.4, -0.2) is 54.3 Å². The van der Waals surface area contributed by atoms with Gasteiger partial charge in [-0.25, -0.2) is 0 Å². The van der Waals surface area contributed by atoms with Crippen LogP contribution in [0.4, 0.5) is 0 Å². The van der Waals surface area contributed by atoms with Crippen LogP contribution < -0.4 is 0 Å². The molecule has 3 aromatic carbocycles. The Labute approximate surface area is 236 Å². The predicted octanol–water partition coefficient (Wildman–Crippen LogP) is 5.39. The summed E-state index contributed by atoms with van der Waals surface area (Å²) in [6, 6.07) is 30.2. The lowest BCUT2D eigenvalue weighted by Gasteiger charge is -2.44. The molecule has 7 nitrogen and oxygen atoms in total. The fourth-order valence-electron chi connectivity index (χ4n) is 5.37. The van der Waals surface area contributed by atoms with E-state index in [4.69, 9.17) is 28.4 Å². The number of hydrogen-bond acceptors (Lipinski definition) is 7. The lowest BCUT2D eigenvalue weighted by molar-refractivity contribution is -0.318. The van der Waals surface area contributed by atoms with Gasteiger partial charge in [-0.1, -0.05) is 91.0 Å². The quantitative estimate of drug-likeness (QED) is 0.344. The fraction of sp³-hybridized carbons (Fsp3) is 0.455. The molecule has 0 bridgehead atoms. The largest absolute Gasteiger partial charge is 0.371 e. The molecule has 3 aromatic rings. The molecule has 0 radical (unpaired) electrons. The Morgan fingerprint density at radius 3 is 1.57 bits per heavy atom. The molecular weight excluding hydrogens is 508 g/mol. The third-order valence-electron chi connectivity index (χ3n) is 7.46. The van der Waals surface area contributed by atoms with Gasteiger partial charge in [0.25, 0.3) is 0 Å². The van der Waals surface area contributed by atoms with E-state index >= 15 is 0 Å². The summed E-state index contributed by atoms with van der Waals surface area (Å²) >= 11 is 0. The topological polar surface area (TPSA) is 75.6 Å². The molecule has 5 rings (SSSR count). The fourth-order valence-corrected chi connectivity index (χ4v) is 5.37. The van der Waals surface area contributed by atoms with Gasteiger partial charge in [0, 0.05) is 12.8 Å². The minimum Gasteiger partial charge on any atom is -0.371 e. The summed E-state index contributed by atoms with van der Waals surface area (Å²) in [5, 5.41) is 10.3. The normalized spacial score (nSPS) is 30.7. The molecule has 1 N–H and O–H groups in total. The Morgan fingerprint density at radius 1 is 0.600 bits per heavy atom. The highest BCUT2D eigenvalue weighted by Crippen LogP contribution is 2.32. The van der Waals surface area contributed by atoms with Gasteiger partial charge < -0.3 is 33.5 Å². The van der Waals surface area contributed by atoms with Crippen molar-refractivity contribution in [2.75, 3.05) is 0 Å². The second-order valence-corrected chi connectivity index (χ2v) is 10.6. The molecule has 0 saturated carbocycles. The Kier molecular flexibility index (Phi) is 10.3. The molecule has 0 unspecified atom stereocenters. The zero-order valence-corrected chi connectivity index (χ0v) is 23.2. The van der Waals surface area contributed by atoms with Crippen LogP contribution in [0.25, 0.3) is 0 Å². The lowest BCUT2D eigenvalue weighted by Crippen LogP contribution is -2.55. The summed E-state index contributed by atoms with van der Waals surface area (Å²) in [5.74, 6) is 0. The number of hydrogen-bond donors (Lipinski definition) is 1. The molecular formula is C33H40O7. The Bertz CT molecular complexity index is 1130. The minimum absolute atomic E-state index is 0.244. The van der Waals surface area contributed by atoms with Crippen molar-refractivity contribution >= 4 is 0 Å². The molecule has 214 valence electrons. The molecule has 40 heavy (non-hydrogen) atoms. The summed E-state index contributed by atoms with van der Waals surface area (Å²) in [6.45, 7) is 5.25. The maximum absolute atomic E-state index is 10.3. The van der Waals surface area contributed by atoms with Gasteiger partial charge in [0.1, 0.15) is 12.2 Å². The molecule has 0 aliphatic carbocycles. The molecule has 7 heteroatoms. The SMILES string of the molecule is C[C@H]1O[C@H](O[C@@H]2[C@@H](C)O[C@H](O)C[C@H]2OCc2ccccc2)C[C@@H](OCc2ccccc2)[C@@H]1OCc1ccccc1. The van der Waals surface area contributed by atoms with E-state index in [1.54, 1.807) is 0 Å². The van der Waals surface area contributed by atoms with E-state index in [1.807, 2.05) is 80.6 Å². The molecule has 2 saturated heterocycles. The van der Waals surface area contributed by atoms with E-state index in [0.717, 1.165) is 16.7 Å². The first kappa shape index (κ1) is 28.9. The molecule has 2 heterocycles. The van der Waals surface area contributed by atoms with Gasteiger partial charge in [0.2, 0.25) is 0 Å². The van der Waals surface area contributed by atoms with Crippen LogP contribution in [0.2, 0.25) is 0 Å². The van der Waals surface area contributed by atoms with E-state index < -0.39 is 18.7 Å². The van der Waals surface area contributed by atoms with Crippen LogP contribution in [0, 0.1) is 0 Å². The van der Waals surface area contributed by atoms with Crippen LogP contribution in [0.15, 0.2) is 91.0 Å².